The Bertz CT molecular complexity index is 1080. The number of rotatable bonds is 5. The summed E-state index contributed by atoms with van der Waals surface area (Å²) in [6, 6.07) is 16.6. The van der Waals surface area contributed by atoms with Gasteiger partial charge in [0.25, 0.3) is 11.8 Å². The number of hydrogen-bond acceptors (Lipinski definition) is 5. The van der Waals surface area contributed by atoms with Crippen LogP contribution in [0.3, 0.4) is 0 Å². The first-order valence-corrected chi connectivity index (χ1v) is 9.45. The third kappa shape index (κ3) is 3.56. The quantitative estimate of drug-likeness (QED) is 0.592. The van der Waals surface area contributed by atoms with Gasteiger partial charge in [0.1, 0.15) is 16.4 Å². The number of imide groups is 1. The predicted octanol–water partition coefficient (Wildman–Crippen LogP) is 3.46. The predicted molar refractivity (Wildman–Crippen MR) is 108 cm³/mol. The average molecular weight is 459 g/mol. The molecule has 0 atom stereocenters. The zero-order valence-corrected chi connectivity index (χ0v) is 16.7. The minimum absolute atomic E-state index is 0.0216. The second kappa shape index (κ2) is 7.57. The van der Waals surface area contributed by atoms with Crippen molar-refractivity contribution in [2.75, 3.05) is 5.32 Å². The van der Waals surface area contributed by atoms with E-state index in [9.17, 15) is 9.59 Å². The number of nitrogens with zero attached hydrogens (tertiary/aromatic N) is 4. The molecule has 0 aliphatic carbocycles. The van der Waals surface area contributed by atoms with Gasteiger partial charge in [0, 0.05) is 10.2 Å². The van der Waals surface area contributed by atoms with Crippen LogP contribution in [0, 0.1) is 0 Å². The molecule has 0 fully saturated rings. The third-order valence-corrected chi connectivity index (χ3v) is 4.99. The van der Waals surface area contributed by atoms with Crippen LogP contribution in [0.15, 0.2) is 76.0 Å². The number of nitrogens with one attached hydrogen (secondary N) is 1. The van der Waals surface area contributed by atoms with Crippen LogP contribution in [-0.2, 0) is 16.1 Å². The summed E-state index contributed by atoms with van der Waals surface area (Å²) in [5.41, 5.74) is 1.99. The lowest BCUT2D eigenvalue weighted by Gasteiger charge is -2.13. The highest BCUT2D eigenvalue weighted by atomic mass is 79.9. The number of carbonyl (C=O) groups is 2. The van der Waals surface area contributed by atoms with Crippen LogP contribution >= 0.6 is 27.5 Å². The summed E-state index contributed by atoms with van der Waals surface area (Å²) in [7, 11) is 0. The molecule has 0 unspecified atom stereocenters. The lowest BCUT2D eigenvalue weighted by molar-refractivity contribution is -0.138. The van der Waals surface area contributed by atoms with Gasteiger partial charge in [-0.1, -0.05) is 50.9 Å². The van der Waals surface area contributed by atoms with Crippen LogP contribution in [0.4, 0.5) is 5.69 Å². The normalized spacial score (nSPS) is 14.1. The summed E-state index contributed by atoms with van der Waals surface area (Å²) < 4.78 is 2.48. The van der Waals surface area contributed by atoms with Crippen LogP contribution < -0.4 is 5.32 Å². The summed E-state index contributed by atoms with van der Waals surface area (Å²) in [6.07, 6.45) is 1.67. The third-order valence-electron chi connectivity index (χ3n) is 4.11. The van der Waals surface area contributed by atoms with Crippen molar-refractivity contribution in [3.8, 4) is 5.69 Å². The van der Waals surface area contributed by atoms with E-state index in [2.05, 4.69) is 31.6 Å². The van der Waals surface area contributed by atoms with Crippen LogP contribution in [0.25, 0.3) is 5.69 Å². The molecule has 0 bridgehead atoms. The Balaban J connectivity index is 1.51. The lowest BCUT2D eigenvalue weighted by atomic mass is 10.3. The number of aromatic nitrogens is 3. The Labute approximate surface area is 173 Å². The van der Waals surface area contributed by atoms with Crippen molar-refractivity contribution in [3.05, 3.63) is 81.7 Å². The van der Waals surface area contributed by atoms with Crippen molar-refractivity contribution in [1.82, 2.24) is 19.9 Å². The average Bonchev–Trinajstić information content (AvgIpc) is 3.26. The molecule has 2 amide bonds. The number of carbonyl (C=O) groups excluding carboxylic acids is 2. The zero-order chi connectivity index (χ0) is 19.7. The largest absolute Gasteiger partial charge is 0.350 e. The minimum atomic E-state index is -0.569. The van der Waals surface area contributed by atoms with Crippen LogP contribution in [0.5, 0.6) is 0 Å². The van der Waals surface area contributed by atoms with Crippen molar-refractivity contribution in [2.24, 2.45) is 0 Å². The molecule has 0 spiro atoms. The SMILES string of the molecule is O=C1C(Cl)=C(Nc2ccc(Br)cc2)C(=O)N1Cc1cn(-c2ccccc2)nn1. The Hall–Kier alpha value is -2.97. The first kappa shape index (κ1) is 18.4. The van der Waals surface area contributed by atoms with Gasteiger partial charge in [-0.3, -0.25) is 14.5 Å². The van der Waals surface area contributed by atoms with Gasteiger partial charge in [-0.15, -0.1) is 5.10 Å². The fourth-order valence-corrected chi connectivity index (χ4v) is 3.21. The van der Waals surface area contributed by atoms with E-state index < -0.39 is 11.8 Å². The maximum atomic E-state index is 12.7. The van der Waals surface area contributed by atoms with E-state index in [1.54, 1.807) is 23.0 Å². The standard InChI is InChI=1S/C19H13BrClN5O2/c20-12-6-8-13(9-7-12)22-17-16(21)18(27)25(19(17)28)10-14-11-26(24-23-14)15-4-2-1-3-5-15/h1-9,11,22H,10H2. The van der Waals surface area contributed by atoms with Gasteiger partial charge in [0.05, 0.1) is 18.4 Å². The van der Waals surface area contributed by atoms with Gasteiger partial charge in [0.15, 0.2) is 0 Å². The van der Waals surface area contributed by atoms with Crippen molar-refractivity contribution in [1.29, 1.82) is 0 Å². The molecular formula is C19H13BrClN5O2. The fraction of sp³-hybridized carbons (Fsp3) is 0.0526. The van der Waals surface area contributed by atoms with E-state index >= 15 is 0 Å². The first-order valence-electron chi connectivity index (χ1n) is 8.28. The maximum Gasteiger partial charge on any atom is 0.279 e. The molecule has 4 rings (SSSR count). The number of para-hydroxylation sites is 1. The van der Waals surface area contributed by atoms with E-state index in [1.807, 2.05) is 42.5 Å². The second-order valence-electron chi connectivity index (χ2n) is 6.01. The summed E-state index contributed by atoms with van der Waals surface area (Å²) in [4.78, 5) is 26.2. The Kier molecular flexibility index (Phi) is 4.97. The molecule has 28 heavy (non-hydrogen) atoms. The molecule has 9 heteroatoms. The Morgan fingerprint density at radius 2 is 1.71 bits per heavy atom. The first-order chi connectivity index (χ1) is 13.5. The highest BCUT2D eigenvalue weighted by molar-refractivity contribution is 9.10. The van der Waals surface area contributed by atoms with Gasteiger partial charge in [-0.2, -0.15) is 0 Å². The van der Waals surface area contributed by atoms with Gasteiger partial charge in [0.2, 0.25) is 0 Å². The number of halogens is 2. The van der Waals surface area contributed by atoms with E-state index in [4.69, 9.17) is 11.6 Å². The zero-order valence-electron chi connectivity index (χ0n) is 14.3. The van der Waals surface area contributed by atoms with E-state index in [-0.39, 0.29) is 17.3 Å². The van der Waals surface area contributed by atoms with Crippen LogP contribution in [-0.4, -0.2) is 31.7 Å². The highest BCUT2D eigenvalue weighted by Crippen LogP contribution is 2.27. The smallest absolute Gasteiger partial charge is 0.279 e. The maximum absolute atomic E-state index is 12.7. The van der Waals surface area contributed by atoms with Gasteiger partial charge < -0.3 is 5.32 Å². The molecule has 1 aliphatic rings. The second-order valence-corrected chi connectivity index (χ2v) is 7.30. The van der Waals surface area contributed by atoms with Gasteiger partial charge in [-0.25, -0.2) is 4.68 Å². The van der Waals surface area contributed by atoms with Crippen molar-refractivity contribution >= 4 is 45.0 Å². The summed E-state index contributed by atoms with van der Waals surface area (Å²) in [6.45, 7) is -0.0216. The molecule has 1 aromatic heterocycles. The van der Waals surface area contributed by atoms with E-state index in [1.165, 1.54) is 0 Å². The number of amides is 2. The molecule has 0 radical (unpaired) electrons. The topological polar surface area (TPSA) is 80.1 Å². The molecular weight excluding hydrogens is 446 g/mol. The molecule has 3 aromatic rings. The molecule has 1 aliphatic heterocycles. The molecule has 140 valence electrons. The number of hydrogen-bond donors (Lipinski definition) is 1. The molecule has 7 nitrogen and oxygen atoms in total. The molecule has 0 saturated heterocycles. The van der Waals surface area contributed by atoms with Crippen LogP contribution in [0.1, 0.15) is 5.69 Å². The van der Waals surface area contributed by atoms with E-state index in [0.29, 0.717) is 11.4 Å². The van der Waals surface area contributed by atoms with E-state index in [0.717, 1.165) is 15.1 Å². The molecule has 2 aromatic carbocycles. The summed E-state index contributed by atoms with van der Waals surface area (Å²) in [5.74, 6) is -1.08. The summed E-state index contributed by atoms with van der Waals surface area (Å²) >= 11 is 9.47. The molecule has 0 saturated carbocycles. The van der Waals surface area contributed by atoms with Crippen molar-refractivity contribution in [3.63, 3.8) is 0 Å². The number of benzene rings is 2. The van der Waals surface area contributed by atoms with Crippen LogP contribution in [0.2, 0.25) is 0 Å². The molecule has 2 heterocycles. The van der Waals surface area contributed by atoms with Crippen molar-refractivity contribution in [2.45, 2.75) is 6.54 Å². The lowest BCUT2D eigenvalue weighted by Crippen LogP contribution is -2.32. The molecule has 1 N–H and O–H groups in total. The van der Waals surface area contributed by atoms with Gasteiger partial charge >= 0.3 is 0 Å². The highest BCUT2D eigenvalue weighted by Gasteiger charge is 2.38. The Morgan fingerprint density at radius 3 is 2.43 bits per heavy atom. The van der Waals surface area contributed by atoms with Crippen molar-refractivity contribution < 1.29 is 9.59 Å². The monoisotopic (exact) mass is 457 g/mol. The Morgan fingerprint density at radius 1 is 1.00 bits per heavy atom. The minimum Gasteiger partial charge on any atom is -0.350 e. The fourth-order valence-electron chi connectivity index (χ4n) is 2.72. The number of anilines is 1. The van der Waals surface area contributed by atoms with Gasteiger partial charge in [-0.05, 0) is 36.4 Å². The summed E-state index contributed by atoms with van der Waals surface area (Å²) in [5, 5.41) is 10.9.